The van der Waals surface area contributed by atoms with Crippen molar-refractivity contribution in [1.29, 1.82) is 0 Å². The zero-order chi connectivity index (χ0) is 21.2. The van der Waals surface area contributed by atoms with E-state index in [0.717, 1.165) is 0 Å². The third-order valence-electron chi connectivity index (χ3n) is 3.73. The summed E-state index contributed by atoms with van der Waals surface area (Å²) >= 11 is 0. The van der Waals surface area contributed by atoms with E-state index in [-0.39, 0.29) is 18.3 Å². The van der Waals surface area contributed by atoms with E-state index in [2.05, 4.69) is 10.6 Å². The number of carbonyl (C=O) groups excluding carboxylic acids is 4. The molecule has 0 saturated heterocycles. The Morgan fingerprint density at radius 2 is 1.66 bits per heavy atom. The Morgan fingerprint density at radius 1 is 0.931 bits per heavy atom. The van der Waals surface area contributed by atoms with E-state index in [4.69, 9.17) is 9.47 Å². The largest absolute Gasteiger partial charge is 0.482 e. The lowest BCUT2D eigenvalue weighted by atomic mass is 10.1. The first-order valence-electron chi connectivity index (χ1n) is 8.96. The Balaban J connectivity index is 1.77. The Labute approximate surface area is 168 Å². The van der Waals surface area contributed by atoms with Gasteiger partial charge in [-0.3, -0.25) is 14.4 Å². The summed E-state index contributed by atoms with van der Waals surface area (Å²) in [5, 5.41) is 5.22. The molecule has 0 unspecified atom stereocenters. The van der Waals surface area contributed by atoms with Crippen LogP contribution in [0.4, 0.5) is 5.69 Å². The SMILES string of the molecule is CCNC(=O)c1cccc(NC(=O)COC(=O)COc2ccc(C(C)=O)cc2)c1. The zero-order valence-corrected chi connectivity index (χ0v) is 16.2. The van der Waals surface area contributed by atoms with Crippen molar-refractivity contribution in [1.82, 2.24) is 5.32 Å². The van der Waals surface area contributed by atoms with E-state index in [1.807, 2.05) is 6.92 Å². The Morgan fingerprint density at radius 3 is 2.31 bits per heavy atom. The van der Waals surface area contributed by atoms with Gasteiger partial charge in [0.15, 0.2) is 19.0 Å². The van der Waals surface area contributed by atoms with Crippen molar-refractivity contribution in [3.05, 3.63) is 59.7 Å². The van der Waals surface area contributed by atoms with Crippen LogP contribution in [0, 0.1) is 0 Å². The van der Waals surface area contributed by atoms with E-state index in [0.29, 0.717) is 29.1 Å². The van der Waals surface area contributed by atoms with Crippen LogP contribution in [0.2, 0.25) is 0 Å². The van der Waals surface area contributed by atoms with Crippen LogP contribution in [-0.2, 0) is 14.3 Å². The quantitative estimate of drug-likeness (QED) is 0.495. The number of carbonyl (C=O) groups is 4. The summed E-state index contributed by atoms with van der Waals surface area (Å²) in [5.41, 5.74) is 1.36. The lowest BCUT2D eigenvalue weighted by molar-refractivity contribution is -0.149. The first kappa shape index (κ1) is 21.6. The van der Waals surface area contributed by atoms with Gasteiger partial charge in [0, 0.05) is 23.4 Å². The van der Waals surface area contributed by atoms with Crippen molar-refractivity contribution in [2.45, 2.75) is 13.8 Å². The number of ketones is 1. The van der Waals surface area contributed by atoms with E-state index in [1.54, 1.807) is 42.5 Å². The van der Waals surface area contributed by atoms with Crippen molar-refractivity contribution >= 4 is 29.3 Å². The van der Waals surface area contributed by atoms with Crippen LogP contribution in [-0.4, -0.2) is 43.3 Å². The Hall–Kier alpha value is -3.68. The van der Waals surface area contributed by atoms with E-state index < -0.39 is 18.5 Å². The second-order valence-electron chi connectivity index (χ2n) is 6.02. The molecule has 0 aliphatic carbocycles. The molecule has 8 nitrogen and oxygen atoms in total. The summed E-state index contributed by atoms with van der Waals surface area (Å²) in [6.07, 6.45) is 0. The molecule has 0 fully saturated rings. The number of hydrogen-bond donors (Lipinski definition) is 2. The van der Waals surface area contributed by atoms with Gasteiger partial charge in [0.1, 0.15) is 5.75 Å². The molecule has 0 aliphatic heterocycles. The van der Waals surface area contributed by atoms with Gasteiger partial charge in [0.2, 0.25) is 0 Å². The minimum atomic E-state index is -0.716. The topological polar surface area (TPSA) is 111 Å². The molecule has 2 N–H and O–H groups in total. The third kappa shape index (κ3) is 7.10. The highest BCUT2D eigenvalue weighted by molar-refractivity contribution is 5.97. The van der Waals surface area contributed by atoms with E-state index >= 15 is 0 Å². The fourth-order valence-electron chi connectivity index (χ4n) is 2.31. The molecule has 0 spiro atoms. The number of rotatable bonds is 9. The third-order valence-corrected chi connectivity index (χ3v) is 3.73. The van der Waals surface area contributed by atoms with E-state index in [1.165, 1.54) is 13.0 Å². The van der Waals surface area contributed by atoms with Gasteiger partial charge in [0.25, 0.3) is 11.8 Å². The monoisotopic (exact) mass is 398 g/mol. The highest BCUT2D eigenvalue weighted by Crippen LogP contribution is 2.13. The minimum Gasteiger partial charge on any atom is -0.482 e. The summed E-state index contributed by atoms with van der Waals surface area (Å²) in [7, 11) is 0. The predicted octanol–water partition coefficient (Wildman–Crippen LogP) is 2.20. The van der Waals surface area contributed by atoms with Gasteiger partial charge in [-0.15, -0.1) is 0 Å². The van der Waals surface area contributed by atoms with Crippen molar-refractivity contribution < 1.29 is 28.7 Å². The number of hydrogen-bond acceptors (Lipinski definition) is 6. The van der Waals surface area contributed by atoms with Crippen LogP contribution >= 0.6 is 0 Å². The molecule has 2 aromatic carbocycles. The summed E-state index contributed by atoms with van der Waals surface area (Å²) in [4.78, 5) is 46.7. The van der Waals surface area contributed by atoms with Crippen molar-refractivity contribution in [2.75, 3.05) is 25.1 Å². The molecule has 0 atom stereocenters. The number of esters is 1. The molecular formula is C21H22N2O6. The van der Waals surface area contributed by atoms with Crippen LogP contribution in [0.5, 0.6) is 5.75 Å². The van der Waals surface area contributed by atoms with Gasteiger partial charge in [-0.1, -0.05) is 6.07 Å². The van der Waals surface area contributed by atoms with Crippen LogP contribution in [0.25, 0.3) is 0 Å². The number of Topliss-reactive ketones (excluding diaryl/α,β-unsaturated/α-hetero) is 1. The molecule has 0 heterocycles. The molecule has 152 valence electrons. The van der Waals surface area contributed by atoms with Crippen molar-refractivity contribution in [3.8, 4) is 5.75 Å². The minimum absolute atomic E-state index is 0.0708. The van der Waals surface area contributed by atoms with Crippen LogP contribution < -0.4 is 15.4 Å². The molecule has 2 aromatic rings. The predicted molar refractivity (Wildman–Crippen MR) is 106 cm³/mol. The van der Waals surface area contributed by atoms with Crippen LogP contribution in [0.15, 0.2) is 48.5 Å². The summed E-state index contributed by atoms with van der Waals surface area (Å²) in [6.45, 7) is 2.89. The first-order valence-corrected chi connectivity index (χ1v) is 8.96. The summed E-state index contributed by atoms with van der Waals surface area (Å²) < 4.78 is 10.1. The molecule has 8 heteroatoms. The standard InChI is InChI=1S/C21H22N2O6/c1-3-22-21(27)16-5-4-6-17(11-16)23-19(25)12-29-20(26)13-28-18-9-7-15(8-10-18)14(2)24/h4-11H,3,12-13H2,1-2H3,(H,22,27)(H,23,25). The van der Waals surface area contributed by atoms with Gasteiger partial charge in [-0.05, 0) is 56.3 Å². The van der Waals surface area contributed by atoms with Crippen molar-refractivity contribution in [3.63, 3.8) is 0 Å². The van der Waals surface area contributed by atoms with Crippen molar-refractivity contribution in [2.24, 2.45) is 0 Å². The highest BCUT2D eigenvalue weighted by atomic mass is 16.6. The maximum atomic E-state index is 11.9. The van der Waals surface area contributed by atoms with E-state index in [9.17, 15) is 19.2 Å². The van der Waals surface area contributed by atoms with Crippen LogP contribution in [0.1, 0.15) is 34.6 Å². The number of benzene rings is 2. The number of anilines is 1. The maximum absolute atomic E-state index is 11.9. The van der Waals surface area contributed by atoms with Gasteiger partial charge in [-0.25, -0.2) is 4.79 Å². The smallest absolute Gasteiger partial charge is 0.344 e. The molecule has 0 bridgehead atoms. The molecule has 0 aliphatic rings. The molecule has 0 aromatic heterocycles. The highest BCUT2D eigenvalue weighted by Gasteiger charge is 2.11. The average molecular weight is 398 g/mol. The van der Waals surface area contributed by atoms with Gasteiger partial charge >= 0.3 is 5.97 Å². The molecule has 0 radical (unpaired) electrons. The number of amides is 2. The second kappa shape index (κ2) is 10.6. The summed E-state index contributed by atoms with van der Waals surface area (Å²) in [5.74, 6) is -1.18. The molecular weight excluding hydrogens is 376 g/mol. The number of ether oxygens (including phenoxy) is 2. The zero-order valence-electron chi connectivity index (χ0n) is 16.2. The Bertz CT molecular complexity index is 892. The Kier molecular flexibility index (Phi) is 7.90. The first-order chi connectivity index (χ1) is 13.9. The lowest BCUT2D eigenvalue weighted by Gasteiger charge is -2.09. The van der Waals surface area contributed by atoms with Gasteiger partial charge < -0.3 is 20.1 Å². The molecule has 2 amide bonds. The van der Waals surface area contributed by atoms with Crippen LogP contribution in [0.3, 0.4) is 0 Å². The molecule has 2 rings (SSSR count). The summed E-state index contributed by atoms with van der Waals surface area (Å²) in [6, 6.07) is 12.7. The number of nitrogens with one attached hydrogen (secondary N) is 2. The second-order valence-corrected chi connectivity index (χ2v) is 6.02. The fraction of sp³-hybridized carbons (Fsp3) is 0.238. The lowest BCUT2D eigenvalue weighted by Crippen LogP contribution is -2.24. The fourth-order valence-corrected chi connectivity index (χ4v) is 2.31. The normalized spacial score (nSPS) is 10.0. The van der Waals surface area contributed by atoms with Gasteiger partial charge in [-0.2, -0.15) is 0 Å². The average Bonchev–Trinajstić information content (AvgIpc) is 2.71. The maximum Gasteiger partial charge on any atom is 0.344 e. The molecule has 0 saturated carbocycles. The van der Waals surface area contributed by atoms with Gasteiger partial charge in [0.05, 0.1) is 0 Å². The molecule has 29 heavy (non-hydrogen) atoms.